The number of aryl methyl sites for hydroxylation is 1. The van der Waals surface area contributed by atoms with E-state index < -0.39 is 11.8 Å². The normalized spacial score (nSPS) is 10.9. The zero-order chi connectivity index (χ0) is 20.7. The lowest BCUT2D eigenvalue weighted by atomic mass is 10.2. The second-order valence-electron chi connectivity index (χ2n) is 6.33. The minimum atomic E-state index is -0.534. The molecule has 0 fully saturated rings. The molecule has 2 aromatic carbocycles. The summed E-state index contributed by atoms with van der Waals surface area (Å²) in [7, 11) is 0. The number of amides is 2. The number of anilines is 1. The minimum absolute atomic E-state index is 0.00175. The Hall–Kier alpha value is -2.38. The highest BCUT2D eigenvalue weighted by molar-refractivity contribution is 9.10. The molecule has 0 bridgehead atoms. The molecule has 0 atom stereocenters. The van der Waals surface area contributed by atoms with E-state index in [1.807, 2.05) is 39.0 Å². The topological polar surface area (TPSA) is 79.8 Å². The fourth-order valence-electron chi connectivity index (χ4n) is 2.22. The average molecular weight is 467 g/mol. The Morgan fingerprint density at radius 3 is 2.64 bits per heavy atom. The molecular weight excluding hydrogens is 446 g/mol. The summed E-state index contributed by atoms with van der Waals surface area (Å²) in [6, 6.07) is 10.6. The van der Waals surface area contributed by atoms with Crippen LogP contribution in [0.25, 0.3) is 0 Å². The van der Waals surface area contributed by atoms with Crippen molar-refractivity contribution in [1.29, 1.82) is 0 Å². The molecule has 0 radical (unpaired) electrons. The van der Waals surface area contributed by atoms with E-state index >= 15 is 0 Å². The predicted molar refractivity (Wildman–Crippen MR) is 115 cm³/mol. The Morgan fingerprint density at radius 1 is 1.21 bits per heavy atom. The molecule has 0 heterocycles. The van der Waals surface area contributed by atoms with Gasteiger partial charge in [-0.15, -0.1) is 0 Å². The van der Waals surface area contributed by atoms with Gasteiger partial charge in [0.25, 0.3) is 0 Å². The Kier molecular flexibility index (Phi) is 8.02. The number of halogens is 2. The first kappa shape index (κ1) is 21.9. The quantitative estimate of drug-likeness (QED) is 0.353. The van der Waals surface area contributed by atoms with Gasteiger partial charge >= 0.3 is 0 Å². The van der Waals surface area contributed by atoms with Crippen molar-refractivity contribution in [3.05, 3.63) is 57.0 Å². The van der Waals surface area contributed by atoms with Crippen LogP contribution in [-0.4, -0.2) is 24.1 Å². The van der Waals surface area contributed by atoms with Gasteiger partial charge in [0, 0.05) is 20.7 Å². The van der Waals surface area contributed by atoms with E-state index in [0.29, 0.717) is 22.0 Å². The summed E-state index contributed by atoms with van der Waals surface area (Å²) in [5, 5.41) is 7.08. The maximum atomic E-state index is 12.0. The molecule has 2 amide bonds. The van der Waals surface area contributed by atoms with Crippen LogP contribution in [0.5, 0.6) is 5.75 Å². The number of benzene rings is 2. The van der Waals surface area contributed by atoms with Crippen LogP contribution in [0.3, 0.4) is 0 Å². The second kappa shape index (κ2) is 10.2. The van der Waals surface area contributed by atoms with Gasteiger partial charge in [-0.25, -0.2) is 5.43 Å². The fourth-order valence-corrected chi connectivity index (χ4v) is 2.78. The van der Waals surface area contributed by atoms with Gasteiger partial charge in [-0.05, 0) is 56.7 Å². The predicted octanol–water partition coefficient (Wildman–Crippen LogP) is 4.68. The third-order valence-corrected chi connectivity index (χ3v) is 4.40. The molecule has 2 rings (SSSR count). The number of hydrogen-bond donors (Lipinski definition) is 2. The molecule has 6 nitrogen and oxygen atoms in total. The molecule has 148 valence electrons. The number of hydrazone groups is 1. The van der Waals surface area contributed by atoms with Crippen LogP contribution in [-0.2, 0) is 9.59 Å². The number of rotatable bonds is 7. The average Bonchev–Trinajstić information content (AvgIpc) is 2.60. The highest BCUT2D eigenvalue weighted by Crippen LogP contribution is 2.23. The SMILES string of the molecule is Cc1ccc(NC(=O)CC(=O)NN=Cc2cc(Br)ccc2OC(C)C)cc1Cl. The van der Waals surface area contributed by atoms with Crippen molar-refractivity contribution in [3.8, 4) is 5.75 Å². The van der Waals surface area contributed by atoms with Crippen molar-refractivity contribution < 1.29 is 14.3 Å². The summed E-state index contributed by atoms with van der Waals surface area (Å²) in [6.07, 6.45) is 1.11. The molecule has 8 heteroatoms. The third kappa shape index (κ3) is 6.98. The van der Waals surface area contributed by atoms with Gasteiger partial charge in [-0.2, -0.15) is 5.10 Å². The van der Waals surface area contributed by atoms with E-state index in [1.165, 1.54) is 6.21 Å². The van der Waals surface area contributed by atoms with Crippen LogP contribution in [0.15, 0.2) is 46.0 Å². The molecule has 0 aliphatic carbocycles. The van der Waals surface area contributed by atoms with Crippen LogP contribution in [0.1, 0.15) is 31.4 Å². The number of carbonyl (C=O) groups excluding carboxylic acids is 2. The molecule has 2 aromatic rings. The zero-order valence-corrected chi connectivity index (χ0v) is 18.1. The van der Waals surface area contributed by atoms with Crippen LogP contribution >= 0.6 is 27.5 Å². The van der Waals surface area contributed by atoms with Crippen molar-refractivity contribution in [3.63, 3.8) is 0 Å². The molecule has 0 aromatic heterocycles. The lowest BCUT2D eigenvalue weighted by Crippen LogP contribution is -2.24. The summed E-state index contributed by atoms with van der Waals surface area (Å²) < 4.78 is 6.56. The van der Waals surface area contributed by atoms with Gasteiger partial charge in [0.05, 0.1) is 12.3 Å². The minimum Gasteiger partial charge on any atom is -0.490 e. The van der Waals surface area contributed by atoms with E-state index in [0.717, 1.165) is 10.0 Å². The first-order valence-corrected chi connectivity index (χ1v) is 9.76. The number of nitrogens with one attached hydrogen (secondary N) is 2. The lowest BCUT2D eigenvalue weighted by Gasteiger charge is -2.12. The smallest absolute Gasteiger partial charge is 0.249 e. The number of ether oxygens (including phenoxy) is 1. The van der Waals surface area contributed by atoms with E-state index in [4.69, 9.17) is 16.3 Å². The number of nitrogens with zero attached hydrogens (tertiary/aromatic N) is 1. The van der Waals surface area contributed by atoms with Crippen molar-refractivity contribution in [2.75, 3.05) is 5.32 Å². The van der Waals surface area contributed by atoms with Gasteiger partial charge < -0.3 is 10.1 Å². The van der Waals surface area contributed by atoms with Gasteiger partial charge in [0.15, 0.2) is 0 Å². The zero-order valence-electron chi connectivity index (χ0n) is 15.8. The van der Waals surface area contributed by atoms with Crippen molar-refractivity contribution in [2.45, 2.75) is 33.3 Å². The van der Waals surface area contributed by atoms with Crippen LogP contribution in [0.4, 0.5) is 5.69 Å². The summed E-state index contributed by atoms with van der Waals surface area (Å²) in [5.74, 6) is -0.350. The van der Waals surface area contributed by atoms with Gasteiger partial charge in [-0.1, -0.05) is 33.6 Å². The maximum Gasteiger partial charge on any atom is 0.249 e. The largest absolute Gasteiger partial charge is 0.490 e. The van der Waals surface area contributed by atoms with Crippen molar-refractivity contribution in [1.82, 2.24) is 5.43 Å². The van der Waals surface area contributed by atoms with E-state index in [9.17, 15) is 9.59 Å². The van der Waals surface area contributed by atoms with E-state index in [1.54, 1.807) is 18.2 Å². The highest BCUT2D eigenvalue weighted by Gasteiger charge is 2.10. The molecule has 0 aliphatic rings. The molecule has 28 heavy (non-hydrogen) atoms. The summed E-state index contributed by atoms with van der Waals surface area (Å²) in [5.41, 5.74) is 4.47. The van der Waals surface area contributed by atoms with Crippen LogP contribution in [0, 0.1) is 6.92 Å². The van der Waals surface area contributed by atoms with E-state index in [2.05, 4.69) is 31.8 Å². The molecule has 2 N–H and O–H groups in total. The fraction of sp³-hybridized carbons (Fsp3) is 0.250. The molecule has 0 spiro atoms. The van der Waals surface area contributed by atoms with Crippen LogP contribution in [0.2, 0.25) is 5.02 Å². The first-order chi connectivity index (χ1) is 13.2. The monoisotopic (exact) mass is 465 g/mol. The molecule has 0 saturated carbocycles. The Labute approximate surface area is 177 Å². The maximum absolute atomic E-state index is 12.0. The molecule has 0 saturated heterocycles. The molecule has 0 unspecified atom stereocenters. The summed E-state index contributed by atoms with van der Waals surface area (Å²) >= 11 is 9.41. The Morgan fingerprint density at radius 2 is 1.96 bits per heavy atom. The van der Waals surface area contributed by atoms with Gasteiger partial charge in [0.2, 0.25) is 11.8 Å². The van der Waals surface area contributed by atoms with Gasteiger partial charge in [-0.3, -0.25) is 9.59 Å². The van der Waals surface area contributed by atoms with Gasteiger partial charge in [0.1, 0.15) is 12.2 Å². The van der Waals surface area contributed by atoms with Crippen LogP contribution < -0.4 is 15.5 Å². The summed E-state index contributed by atoms with van der Waals surface area (Å²) in [6.45, 7) is 5.71. The van der Waals surface area contributed by atoms with E-state index in [-0.39, 0.29) is 12.5 Å². The molecule has 0 aliphatic heterocycles. The number of hydrogen-bond acceptors (Lipinski definition) is 4. The second-order valence-corrected chi connectivity index (χ2v) is 7.65. The third-order valence-electron chi connectivity index (χ3n) is 3.50. The lowest BCUT2D eigenvalue weighted by molar-refractivity contribution is -0.126. The van der Waals surface area contributed by atoms with Crippen molar-refractivity contribution in [2.24, 2.45) is 5.10 Å². The van der Waals surface area contributed by atoms with Crippen molar-refractivity contribution >= 4 is 51.2 Å². The Balaban J connectivity index is 1.92. The highest BCUT2D eigenvalue weighted by atomic mass is 79.9. The molecular formula is C20H21BrClN3O3. The number of carbonyl (C=O) groups is 2. The standard InChI is InChI=1S/C20H21BrClN3O3/c1-12(2)28-18-7-5-15(21)8-14(18)11-23-25-20(27)10-19(26)24-16-6-4-13(3)17(22)9-16/h4-9,11-12H,10H2,1-3H3,(H,24,26)(H,25,27). The summed E-state index contributed by atoms with van der Waals surface area (Å²) in [4.78, 5) is 23.9. The first-order valence-electron chi connectivity index (χ1n) is 8.58. The Bertz CT molecular complexity index is 900.